The van der Waals surface area contributed by atoms with Crippen LogP contribution in [0.2, 0.25) is 0 Å². The highest BCUT2D eigenvalue weighted by Gasteiger charge is 2.20. The number of ether oxygens (including phenoxy) is 3. The first-order chi connectivity index (χ1) is 12.6. The molecule has 0 bridgehead atoms. The minimum absolute atomic E-state index is 0.154. The van der Waals surface area contributed by atoms with Gasteiger partial charge in [0.05, 0.1) is 6.04 Å². The second kappa shape index (κ2) is 8.13. The average molecular weight is 355 g/mol. The molecular formula is C21H25NO4. The van der Waals surface area contributed by atoms with Crippen LogP contribution in [-0.2, 0) is 11.2 Å². The minimum atomic E-state index is -0.581. The highest BCUT2D eigenvalue weighted by Crippen LogP contribution is 2.32. The van der Waals surface area contributed by atoms with Crippen LogP contribution in [-0.4, -0.2) is 25.2 Å². The standard InChI is InChI=1S/C21H25NO4/c1-4-16-7-5-6-8-18(16)26-15(3)21(23)22-14(2)17-9-10-19-20(13-17)25-12-11-24-19/h5-10,13-15H,4,11-12H2,1-3H3,(H,22,23)/t14-,15+/m1/s1. The van der Waals surface area contributed by atoms with E-state index in [9.17, 15) is 4.79 Å². The average Bonchev–Trinajstić information content (AvgIpc) is 2.67. The normalized spacial score (nSPS) is 15.0. The maximum atomic E-state index is 12.5. The number of carbonyl (C=O) groups is 1. The molecule has 3 rings (SSSR count). The van der Waals surface area contributed by atoms with Gasteiger partial charge in [0, 0.05) is 0 Å². The Hall–Kier alpha value is -2.69. The van der Waals surface area contributed by atoms with Gasteiger partial charge >= 0.3 is 0 Å². The van der Waals surface area contributed by atoms with Crippen LogP contribution in [0.3, 0.4) is 0 Å². The topological polar surface area (TPSA) is 56.8 Å². The molecule has 0 unspecified atom stereocenters. The van der Waals surface area contributed by atoms with E-state index in [-0.39, 0.29) is 11.9 Å². The van der Waals surface area contributed by atoms with Crippen molar-refractivity contribution >= 4 is 5.91 Å². The van der Waals surface area contributed by atoms with Crippen LogP contribution >= 0.6 is 0 Å². The van der Waals surface area contributed by atoms with E-state index in [2.05, 4.69) is 12.2 Å². The SMILES string of the molecule is CCc1ccccc1O[C@@H](C)C(=O)N[C@H](C)c1ccc2c(c1)OCCO2. The van der Waals surface area contributed by atoms with E-state index in [4.69, 9.17) is 14.2 Å². The Morgan fingerprint density at radius 2 is 1.85 bits per heavy atom. The van der Waals surface area contributed by atoms with Gasteiger partial charge in [-0.1, -0.05) is 31.2 Å². The van der Waals surface area contributed by atoms with Gasteiger partial charge in [0.1, 0.15) is 19.0 Å². The van der Waals surface area contributed by atoms with Crippen molar-refractivity contribution in [3.8, 4) is 17.2 Å². The third-order valence-electron chi connectivity index (χ3n) is 4.45. The molecule has 1 heterocycles. The van der Waals surface area contributed by atoms with Gasteiger partial charge in [-0.2, -0.15) is 0 Å². The first-order valence-corrected chi connectivity index (χ1v) is 9.03. The van der Waals surface area contributed by atoms with Crippen LogP contribution < -0.4 is 19.5 Å². The number of hydrogen-bond acceptors (Lipinski definition) is 4. The van der Waals surface area contributed by atoms with Crippen LogP contribution in [0.25, 0.3) is 0 Å². The lowest BCUT2D eigenvalue weighted by Gasteiger charge is -2.22. The number of nitrogens with one attached hydrogen (secondary N) is 1. The summed E-state index contributed by atoms with van der Waals surface area (Å²) in [5.41, 5.74) is 2.05. The lowest BCUT2D eigenvalue weighted by molar-refractivity contribution is -0.127. The molecule has 0 aliphatic carbocycles. The second-order valence-electron chi connectivity index (χ2n) is 6.35. The van der Waals surface area contributed by atoms with Crippen molar-refractivity contribution in [2.24, 2.45) is 0 Å². The summed E-state index contributed by atoms with van der Waals surface area (Å²) in [6, 6.07) is 13.4. The van der Waals surface area contributed by atoms with Crippen LogP contribution in [0.5, 0.6) is 17.2 Å². The van der Waals surface area contributed by atoms with Gasteiger partial charge in [-0.05, 0) is 49.6 Å². The zero-order valence-electron chi connectivity index (χ0n) is 15.5. The first-order valence-electron chi connectivity index (χ1n) is 9.03. The summed E-state index contributed by atoms with van der Waals surface area (Å²) in [5.74, 6) is 2.06. The highest BCUT2D eigenvalue weighted by molar-refractivity contribution is 5.81. The van der Waals surface area contributed by atoms with Gasteiger partial charge in [-0.3, -0.25) is 4.79 Å². The number of fused-ring (bicyclic) bond motifs is 1. The summed E-state index contributed by atoms with van der Waals surface area (Å²) in [6.45, 7) is 6.87. The molecule has 1 amide bonds. The lowest BCUT2D eigenvalue weighted by Crippen LogP contribution is -2.38. The van der Waals surface area contributed by atoms with Crippen molar-refractivity contribution in [1.82, 2.24) is 5.32 Å². The predicted octanol–water partition coefficient (Wildman–Crippen LogP) is 3.66. The van der Waals surface area contributed by atoms with Crippen molar-refractivity contribution < 1.29 is 19.0 Å². The largest absolute Gasteiger partial charge is 0.486 e. The Bertz CT molecular complexity index is 774. The molecule has 0 saturated carbocycles. The Morgan fingerprint density at radius 1 is 1.12 bits per heavy atom. The Kier molecular flexibility index (Phi) is 5.66. The number of rotatable bonds is 6. The van der Waals surface area contributed by atoms with Crippen LogP contribution in [0.15, 0.2) is 42.5 Å². The molecule has 0 radical (unpaired) electrons. The van der Waals surface area contributed by atoms with E-state index >= 15 is 0 Å². The molecule has 0 fully saturated rings. The van der Waals surface area contributed by atoms with E-state index in [0.29, 0.717) is 13.2 Å². The number of carbonyl (C=O) groups excluding carboxylic acids is 1. The molecule has 1 aliphatic heterocycles. The van der Waals surface area contributed by atoms with Crippen molar-refractivity contribution in [2.75, 3.05) is 13.2 Å². The van der Waals surface area contributed by atoms with Crippen molar-refractivity contribution in [2.45, 2.75) is 39.3 Å². The van der Waals surface area contributed by atoms with Crippen LogP contribution in [0.1, 0.15) is 37.9 Å². The minimum Gasteiger partial charge on any atom is -0.486 e. The van der Waals surface area contributed by atoms with Crippen molar-refractivity contribution in [3.05, 3.63) is 53.6 Å². The summed E-state index contributed by atoms with van der Waals surface area (Å²) < 4.78 is 17.0. The lowest BCUT2D eigenvalue weighted by atomic mass is 10.1. The highest BCUT2D eigenvalue weighted by atomic mass is 16.6. The fourth-order valence-electron chi connectivity index (χ4n) is 2.90. The summed E-state index contributed by atoms with van der Waals surface area (Å²) in [4.78, 5) is 12.5. The molecule has 0 spiro atoms. The number of aryl methyl sites for hydroxylation is 1. The zero-order valence-corrected chi connectivity index (χ0v) is 15.5. The maximum Gasteiger partial charge on any atom is 0.261 e. The zero-order chi connectivity index (χ0) is 18.5. The molecule has 5 heteroatoms. The van der Waals surface area contributed by atoms with Gasteiger partial charge in [0.25, 0.3) is 5.91 Å². The fourth-order valence-corrected chi connectivity index (χ4v) is 2.90. The van der Waals surface area contributed by atoms with Crippen LogP contribution in [0, 0.1) is 0 Å². The van der Waals surface area contributed by atoms with E-state index in [1.54, 1.807) is 6.92 Å². The number of hydrogen-bond donors (Lipinski definition) is 1. The molecule has 1 N–H and O–H groups in total. The van der Waals surface area contributed by atoms with E-state index in [1.165, 1.54) is 0 Å². The van der Waals surface area contributed by atoms with Gasteiger partial charge in [0.15, 0.2) is 17.6 Å². The summed E-state index contributed by atoms with van der Waals surface area (Å²) in [7, 11) is 0. The Balaban J connectivity index is 1.63. The maximum absolute atomic E-state index is 12.5. The molecule has 0 aromatic heterocycles. The smallest absolute Gasteiger partial charge is 0.261 e. The quantitative estimate of drug-likeness (QED) is 0.859. The monoisotopic (exact) mass is 355 g/mol. The predicted molar refractivity (Wildman–Crippen MR) is 99.9 cm³/mol. The molecular weight excluding hydrogens is 330 g/mol. The molecule has 2 aromatic carbocycles. The molecule has 2 aromatic rings. The van der Waals surface area contributed by atoms with Gasteiger partial charge < -0.3 is 19.5 Å². The van der Waals surface area contributed by atoms with E-state index in [1.807, 2.05) is 49.4 Å². The van der Waals surface area contributed by atoms with Crippen molar-refractivity contribution in [3.63, 3.8) is 0 Å². The molecule has 5 nitrogen and oxygen atoms in total. The van der Waals surface area contributed by atoms with Crippen LogP contribution in [0.4, 0.5) is 0 Å². The summed E-state index contributed by atoms with van der Waals surface area (Å²) in [6.07, 6.45) is 0.278. The summed E-state index contributed by atoms with van der Waals surface area (Å²) in [5, 5.41) is 3.00. The third-order valence-corrected chi connectivity index (χ3v) is 4.45. The molecule has 138 valence electrons. The van der Waals surface area contributed by atoms with Crippen molar-refractivity contribution in [1.29, 1.82) is 0 Å². The molecule has 2 atom stereocenters. The molecule has 1 aliphatic rings. The second-order valence-corrected chi connectivity index (χ2v) is 6.35. The first kappa shape index (κ1) is 18.1. The Morgan fingerprint density at radius 3 is 2.62 bits per heavy atom. The third kappa shape index (κ3) is 4.10. The van der Waals surface area contributed by atoms with Gasteiger partial charge in [-0.15, -0.1) is 0 Å². The molecule has 26 heavy (non-hydrogen) atoms. The van der Waals surface area contributed by atoms with E-state index < -0.39 is 6.10 Å². The summed E-state index contributed by atoms with van der Waals surface area (Å²) >= 11 is 0. The molecule has 0 saturated heterocycles. The number of benzene rings is 2. The fraction of sp³-hybridized carbons (Fsp3) is 0.381. The number of amides is 1. The van der Waals surface area contributed by atoms with Gasteiger partial charge in [-0.25, -0.2) is 0 Å². The Labute approximate surface area is 154 Å². The van der Waals surface area contributed by atoms with E-state index in [0.717, 1.165) is 34.8 Å². The van der Waals surface area contributed by atoms with Gasteiger partial charge in [0.2, 0.25) is 0 Å². The number of para-hydroxylation sites is 1.